The van der Waals surface area contributed by atoms with E-state index >= 15 is 0 Å². The molecule has 0 saturated heterocycles. The Balaban J connectivity index is 2.77. The first kappa shape index (κ1) is 14.3. The number of anilines is 1. The zero-order valence-corrected chi connectivity index (χ0v) is 10.9. The van der Waals surface area contributed by atoms with Crippen LogP contribution in [0.15, 0.2) is 24.3 Å². The number of hydrogen-bond acceptors (Lipinski definition) is 2. The zero-order chi connectivity index (χ0) is 13.7. The molecule has 18 heavy (non-hydrogen) atoms. The molecule has 0 aliphatic rings. The Hall–Kier alpha value is -1.75. The van der Waals surface area contributed by atoms with E-state index in [-0.39, 0.29) is 0 Å². The van der Waals surface area contributed by atoms with Crippen molar-refractivity contribution in [1.82, 2.24) is 4.90 Å². The summed E-state index contributed by atoms with van der Waals surface area (Å²) in [6, 6.07) is 5.41. The highest BCUT2D eigenvalue weighted by Gasteiger charge is 2.24. The third-order valence-corrected chi connectivity index (χ3v) is 2.90. The van der Waals surface area contributed by atoms with Gasteiger partial charge in [0, 0.05) is 7.05 Å². The second kappa shape index (κ2) is 6.26. The zero-order valence-electron chi connectivity index (χ0n) is 10.2. The highest BCUT2D eigenvalue weighted by molar-refractivity contribution is 6.33. The Morgan fingerprint density at radius 2 is 2.06 bits per heavy atom. The molecular formula is C12H15ClN2O3. The molecule has 0 bridgehead atoms. The van der Waals surface area contributed by atoms with Gasteiger partial charge in [-0.1, -0.05) is 30.7 Å². The van der Waals surface area contributed by atoms with Gasteiger partial charge in [0.25, 0.3) is 0 Å². The number of likely N-dealkylation sites (N-methyl/N-ethyl adjacent to an activating group) is 1. The number of carbonyl (C=O) groups is 2. The van der Waals surface area contributed by atoms with E-state index in [1.807, 2.05) is 0 Å². The number of amides is 2. The maximum atomic E-state index is 11.9. The number of rotatable bonds is 4. The van der Waals surface area contributed by atoms with Crippen LogP contribution in [0.4, 0.5) is 10.5 Å². The molecule has 0 radical (unpaired) electrons. The maximum absolute atomic E-state index is 11.9. The van der Waals surface area contributed by atoms with Crippen LogP contribution >= 0.6 is 11.6 Å². The van der Waals surface area contributed by atoms with Crippen LogP contribution in [0.25, 0.3) is 0 Å². The van der Waals surface area contributed by atoms with E-state index in [1.165, 1.54) is 7.05 Å². The summed E-state index contributed by atoms with van der Waals surface area (Å²) in [7, 11) is 1.44. The van der Waals surface area contributed by atoms with Crippen LogP contribution in [0.3, 0.4) is 0 Å². The molecule has 2 amide bonds. The average molecular weight is 271 g/mol. The van der Waals surface area contributed by atoms with Gasteiger partial charge in [0.15, 0.2) is 0 Å². The molecule has 0 aliphatic heterocycles. The van der Waals surface area contributed by atoms with E-state index in [9.17, 15) is 9.59 Å². The maximum Gasteiger partial charge on any atom is 0.326 e. The molecule has 1 aromatic rings. The van der Waals surface area contributed by atoms with Crippen molar-refractivity contribution in [2.24, 2.45) is 0 Å². The molecule has 1 unspecified atom stereocenters. The van der Waals surface area contributed by atoms with Gasteiger partial charge in [0.05, 0.1) is 10.7 Å². The summed E-state index contributed by atoms with van der Waals surface area (Å²) in [4.78, 5) is 24.0. The van der Waals surface area contributed by atoms with Crippen molar-refractivity contribution in [1.29, 1.82) is 0 Å². The number of urea groups is 1. The number of carboxylic acids is 1. The lowest BCUT2D eigenvalue weighted by Gasteiger charge is -2.24. The molecule has 0 aliphatic carbocycles. The van der Waals surface area contributed by atoms with Gasteiger partial charge in [-0.2, -0.15) is 0 Å². The molecule has 6 heteroatoms. The fourth-order valence-corrected chi connectivity index (χ4v) is 1.70. The standard InChI is InChI=1S/C12H15ClN2O3/c1-3-10(11(16)17)15(2)12(18)14-9-7-5-4-6-8(9)13/h4-7,10H,3H2,1-2H3,(H,14,18)(H,16,17). The number of aliphatic carboxylic acids is 1. The topological polar surface area (TPSA) is 69.6 Å². The van der Waals surface area contributed by atoms with Crippen LogP contribution in [0.1, 0.15) is 13.3 Å². The smallest absolute Gasteiger partial charge is 0.326 e. The summed E-state index contributed by atoms with van der Waals surface area (Å²) in [6.07, 6.45) is 0.335. The number of hydrogen-bond donors (Lipinski definition) is 2. The predicted octanol–water partition coefficient (Wildman–Crippen LogP) is 2.67. The molecule has 5 nitrogen and oxygen atoms in total. The van der Waals surface area contributed by atoms with Gasteiger partial charge in [0.2, 0.25) is 0 Å². The summed E-state index contributed by atoms with van der Waals surface area (Å²) >= 11 is 5.90. The lowest BCUT2D eigenvalue weighted by Crippen LogP contribution is -2.44. The van der Waals surface area contributed by atoms with Gasteiger partial charge in [0.1, 0.15) is 6.04 Å². The van der Waals surface area contributed by atoms with Crippen molar-refractivity contribution in [2.45, 2.75) is 19.4 Å². The van der Waals surface area contributed by atoms with E-state index in [1.54, 1.807) is 31.2 Å². The minimum Gasteiger partial charge on any atom is -0.480 e. The second-order valence-electron chi connectivity index (χ2n) is 3.78. The first-order valence-electron chi connectivity index (χ1n) is 5.48. The van der Waals surface area contributed by atoms with Gasteiger partial charge in [-0.3, -0.25) is 0 Å². The fourth-order valence-electron chi connectivity index (χ4n) is 1.52. The van der Waals surface area contributed by atoms with Crippen LogP contribution < -0.4 is 5.32 Å². The highest BCUT2D eigenvalue weighted by atomic mass is 35.5. The van der Waals surface area contributed by atoms with Crippen LogP contribution in [0, 0.1) is 0 Å². The number of benzene rings is 1. The van der Waals surface area contributed by atoms with Gasteiger partial charge in [-0.05, 0) is 18.6 Å². The minimum atomic E-state index is -1.03. The molecule has 1 aromatic carbocycles. The SMILES string of the molecule is CCC(C(=O)O)N(C)C(=O)Nc1ccccc1Cl. The predicted molar refractivity (Wildman–Crippen MR) is 69.9 cm³/mol. The van der Waals surface area contributed by atoms with Crippen LogP contribution in [0.5, 0.6) is 0 Å². The van der Waals surface area contributed by atoms with Crippen molar-refractivity contribution in [3.63, 3.8) is 0 Å². The molecule has 0 fully saturated rings. The van der Waals surface area contributed by atoms with Crippen molar-refractivity contribution in [3.8, 4) is 0 Å². The summed E-state index contributed by atoms with van der Waals surface area (Å²) in [6.45, 7) is 1.71. The van der Waals surface area contributed by atoms with E-state index in [2.05, 4.69) is 5.32 Å². The summed E-state index contributed by atoms with van der Waals surface area (Å²) in [5.41, 5.74) is 0.455. The third kappa shape index (κ3) is 3.37. The number of carboxylic acid groups (broad SMARTS) is 1. The Kier molecular flexibility index (Phi) is 4.97. The molecule has 0 spiro atoms. The molecule has 1 atom stereocenters. The molecule has 98 valence electrons. The molecular weight excluding hydrogens is 256 g/mol. The summed E-state index contributed by atoms with van der Waals surface area (Å²) in [5.74, 6) is -1.03. The van der Waals surface area contributed by atoms with Crippen molar-refractivity contribution in [2.75, 3.05) is 12.4 Å². The van der Waals surface area contributed by atoms with E-state index in [0.717, 1.165) is 4.90 Å². The lowest BCUT2D eigenvalue weighted by atomic mass is 10.2. The van der Waals surface area contributed by atoms with Gasteiger partial charge in [-0.25, -0.2) is 9.59 Å². The normalized spacial score (nSPS) is 11.7. The number of halogens is 1. The Morgan fingerprint density at radius 1 is 1.44 bits per heavy atom. The monoisotopic (exact) mass is 270 g/mol. The number of nitrogens with zero attached hydrogens (tertiary/aromatic N) is 1. The minimum absolute atomic E-state index is 0.335. The van der Waals surface area contributed by atoms with E-state index in [4.69, 9.17) is 16.7 Å². The van der Waals surface area contributed by atoms with Gasteiger partial charge >= 0.3 is 12.0 Å². The molecule has 2 N–H and O–H groups in total. The summed E-state index contributed by atoms with van der Waals surface area (Å²) < 4.78 is 0. The van der Waals surface area contributed by atoms with E-state index < -0.39 is 18.0 Å². The molecule has 0 saturated carbocycles. The van der Waals surface area contributed by atoms with Crippen LogP contribution in [0.2, 0.25) is 5.02 Å². The first-order valence-corrected chi connectivity index (χ1v) is 5.86. The number of para-hydroxylation sites is 1. The van der Waals surface area contributed by atoms with Crippen LogP contribution in [-0.2, 0) is 4.79 Å². The second-order valence-corrected chi connectivity index (χ2v) is 4.19. The van der Waals surface area contributed by atoms with Crippen LogP contribution in [-0.4, -0.2) is 35.1 Å². The van der Waals surface area contributed by atoms with E-state index in [0.29, 0.717) is 17.1 Å². The molecule has 0 aromatic heterocycles. The number of nitrogens with one attached hydrogen (secondary N) is 1. The largest absolute Gasteiger partial charge is 0.480 e. The number of carbonyl (C=O) groups excluding carboxylic acids is 1. The molecule has 1 rings (SSSR count). The van der Waals surface area contributed by atoms with Crippen molar-refractivity contribution < 1.29 is 14.7 Å². The summed E-state index contributed by atoms with van der Waals surface area (Å²) in [5, 5.41) is 11.9. The Morgan fingerprint density at radius 3 is 2.56 bits per heavy atom. The Bertz CT molecular complexity index is 451. The lowest BCUT2D eigenvalue weighted by molar-refractivity contribution is -0.141. The van der Waals surface area contributed by atoms with Crippen molar-refractivity contribution in [3.05, 3.63) is 29.3 Å². The Labute approximate surface area is 110 Å². The van der Waals surface area contributed by atoms with Gasteiger partial charge < -0.3 is 15.3 Å². The molecule has 0 heterocycles. The first-order chi connectivity index (χ1) is 8.47. The van der Waals surface area contributed by atoms with Crippen molar-refractivity contribution >= 4 is 29.3 Å². The average Bonchev–Trinajstić information content (AvgIpc) is 2.32. The highest BCUT2D eigenvalue weighted by Crippen LogP contribution is 2.21. The quantitative estimate of drug-likeness (QED) is 0.884. The fraction of sp³-hybridized carbons (Fsp3) is 0.333. The van der Waals surface area contributed by atoms with Gasteiger partial charge in [-0.15, -0.1) is 0 Å². The third-order valence-electron chi connectivity index (χ3n) is 2.58.